The van der Waals surface area contributed by atoms with Crippen molar-refractivity contribution in [2.24, 2.45) is 0 Å². The topological polar surface area (TPSA) is 42.2 Å². The summed E-state index contributed by atoms with van der Waals surface area (Å²) in [6.45, 7) is 0.809. The van der Waals surface area contributed by atoms with Crippen LogP contribution in [0.2, 0.25) is 0 Å². The van der Waals surface area contributed by atoms with Crippen LogP contribution >= 0.6 is 0 Å². The lowest BCUT2D eigenvalue weighted by atomic mass is 10.2. The highest BCUT2D eigenvalue weighted by Crippen LogP contribution is 2.15. The summed E-state index contributed by atoms with van der Waals surface area (Å²) in [4.78, 5) is 0. The number of methoxy groups -OCH3 is 1. The van der Waals surface area contributed by atoms with E-state index in [-0.39, 0.29) is 5.56 Å². The van der Waals surface area contributed by atoms with Crippen LogP contribution in [-0.2, 0) is 4.74 Å². The molecule has 0 amide bonds. The third-order valence-corrected chi connectivity index (χ3v) is 1.62. The minimum Gasteiger partial charge on any atom is -0.491 e. The molecule has 0 spiro atoms. The van der Waals surface area contributed by atoms with Crippen LogP contribution < -0.4 is 4.74 Å². The number of halogens is 1. The van der Waals surface area contributed by atoms with Crippen LogP contribution in [0.3, 0.4) is 0 Å². The minimum absolute atomic E-state index is 0.0177. The van der Waals surface area contributed by atoms with E-state index >= 15 is 0 Å². The third-order valence-electron chi connectivity index (χ3n) is 1.62. The van der Waals surface area contributed by atoms with Gasteiger partial charge in [-0.15, -0.1) is 0 Å². The Kier molecular flexibility index (Phi) is 3.89. The molecule has 14 heavy (non-hydrogen) atoms. The van der Waals surface area contributed by atoms with Crippen molar-refractivity contribution in [2.45, 2.75) is 0 Å². The number of hydrogen-bond donors (Lipinski definition) is 0. The van der Waals surface area contributed by atoms with Gasteiger partial charge in [-0.2, -0.15) is 5.26 Å². The van der Waals surface area contributed by atoms with E-state index in [4.69, 9.17) is 14.7 Å². The molecule has 0 unspecified atom stereocenters. The molecule has 3 nitrogen and oxygen atoms in total. The number of benzene rings is 1. The van der Waals surface area contributed by atoms with Crippen molar-refractivity contribution >= 4 is 0 Å². The summed E-state index contributed by atoms with van der Waals surface area (Å²) in [7, 11) is 1.56. The summed E-state index contributed by atoms with van der Waals surface area (Å²) < 4.78 is 22.9. The van der Waals surface area contributed by atoms with Gasteiger partial charge in [-0.05, 0) is 12.1 Å². The largest absolute Gasteiger partial charge is 0.491 e. The molecule has 1 aromatic carbocycles. The van der Waals surface area contributed by atoms with Gasteiger partial charge < -0.3 is 9.47 Å². The molecule has 0 bridgehead atoms. The van der Waals surface area contributed by atoms with E-state index in [0.29, 0.717) is 19.0 Å². The normalized spacial score (nSPS) is 9.50. The van der Waals surface area contributed by atoms with E-state index in [1.165, 1.54) is 12.1 Å². The smallest absolute Gasteiger partial charge is 0.144 e. The van der Waals surface area contributed by atoms with Crippen LogP contribution in [0.25, 0.3) is 0 Å². The molecule has 0 aliphatic heterocycles. The van der Waals surface area contributed by atoms with E-state index < -0.39 is 5.82 Å². The first kappa shape index (κ1) is 10.5. The summed E-state index contributed by atoms with van der Waals surface area (Å²) in [5.74, 6) is -0.166. The number of ether oxygens (including phenoxy) is 2. The first-order valence-corrected chi connectivity index (χ1v) is 4.09. The highest BCUT2D eigenvalue weighted by molar-refractivity contribution is 5.36. The maximum Gasteiger partial charge on any atom is 0.144 e. The van der Waals surface area contributed by atoms with Gasteiger partial charge in [0, 0.05) is 13.2 Å². The van der Waals surface area contributed by atoms with Crippen molar-refractivity contribution in [3.8, 4) is 11.8 Å². The van der Waals surface area contributed by atoms with Gasteiger partial charge in [-0.1, -0.05) is 0 Å². The molecule has 0 radical (unpaired) electrons. The summed E-state index contributed by atoms with van der Waals surface area (Å²) in [6.07, 6.45) is 0. The van der Waals surface area contributed by atoms with Gasteiger partial charge in [0.05, 0.1) is 12.2 Å². The first-order chi connectivity index (χ1) is 6.77. The van der Waals surface area contributed by atoms with Gasteiger partial charge in [0.1, 0.15) is 24.2 Å². The molecule has 0 aliphatic carbocycles. The molecule has 0 saturated carbocycles. The van der Waals surface area contributed by atoms with Crippen molar-refractivity contribution < 1.29 is 13.9 Å². The first-order valence-electron chi connectivity index (χ1n) is 4.09. The molecule has 0 saturated heterocycles. The van der Waals surface area contributed by atoms with Crippen LogP contribution in [0.5, 0.6) is 5.75 Å². The molecule has 0 heterocycles. The fourth-order valence-electron chi connectivity index (χ4n) is 0.919. The predicted octanol–water partition coefficient (Wildman–Crippen LogP) is 1.72. The standard InChI is InChI=1S/C10H10FNO2/c1-13-4-5-14-9-3-2-8(7-12)10(11)6-9/h2-3,6H,4-5H2,1H3. The molecule has 4 heteroatoms. The zero-order valence-electron chi connectivity index (χ0n) is 7.79. The van der Waals surface area contributed by atoms with Crippen molar-refractivity contribution in [3.05, 3.63) is 29.6 Å². The number of nitriles is 1. The van der Waals surface area contributed by atoms with Crippen molar-refractivity contribution in [3.63, 3.8) is 0 Å². The van der Waals surface area contributed by atoms with E-state index in [2.05, 4.69) is 0 Å². The van der Waals surface area contributed by atoms with E-state index in [9.17, 15) is 4.39 Å². The maximum absolute atomic E-state index is 13.0. The van der Waals surface area contributed by atoms with Gasteiger partial charge in [0.15, 0.2) is 0 Å². The molecule has 0 fully saturated rings. The number of rotatable bonds is 4. The molecule has 0 aliphatic rings. The van der Waals surface area contributed by atoms with Crippen LogP contribution in [0.15, 0.2) is 18.2 Å². The van der Waals surface area contributed by atoms with Gasteiger partial charge in [-0.25, -0.2) is 4.39 Å². The Balaban J connectivity index is 2.63. The average Bonchev–Trinajstić information content (AvgIpc) is 2.18. The lowest BCUT2D eigenvalue weighted by Crippen LogP contribution is -2.04. The molecule has 1 aromatic rings. The summed E-state index contributed by atoms with van der Waals surface area (Å²) >= 11 is 0. The Bertz CT molecular complexity index is 346. The molecule has 1 rings (SSSR count). The van der Waals surface area contributed by atoms with Gasteiger partial charge in [0.2, 0.25) is 0 Å². The molecule has 0 N–H and O–H groups in total. The van der Waals surface area contributed by atoms with Crippen LogP contribution in [-0.4, -0.2) is 20.3 Å². The summed E-state index contributed by atoms with van der Waals surface area (Å²) in [5.41, 5.74) is 0.0177. The SMILES string of the molecule is COCCOc1ccc(C#N)c(F)c1. The Hall–Kier alpha value is -1.60. The number of nitrogens with zero attached hydrogens (tertiary/aromatic N) is 1. The third kappa shape index (κ3) is 2.71. The van der Waals surface area contributed by atoms with Gasteiger partial charge in [0.25, 0.3) is 0 Å². The van der Waals surface area contributed by atoms with Gasteiger partial charge >= 0.3 is 0 Å². The van der Waals surface area contributed by atoms with Gasteiger partial charge in [-0.3, -0.25) is 0 Å². The quantitative estimate of drug-likeness (QED) is 0.687. The number of hydrogen-bond acceptors (Lipinski definition) is 3. The van der Waals surface area contributed by atoms with E-state index in [1.807, 2.05) is 0 Å². The zero-order chi connectivity index (χ0) is 10.4. The Morgan fingerprint density at radius 3 is 2.79 bits per heavy atom. The lowest BCUT2D eigenvalue weighted by molar-refractivity contribution is 0.146. The molecule has 0 aromatic heterocycles. The highest BCUT2D eigenvalue weighted by Gasteiger charge is 2.02. The Labute approximate surface area is 81.7 Å². The van der Waals surface area contributed by atoms with Crippen LogP contribution in [0.4, 0.5) is 4.39 Å². The minimum atomic E-state index is -0.567. The molecule has 0 atom stereocenters. The second-order valence-electron chi connectivity index (χ2n) is 2.59. The lowest BCUT2D eigenvalue weighted by Gasteiger charge is -2.05. The predicted molar refractivity (Wildman–Crippen MR) is 48.5 cm³/mol. The molecular weight excluding hydrogens is 185 g/mol. The van der Waals surface area contributed by atoms with E-state index in [0.717, 1.165) is 0 Å². The van der Waals surface area contributed by atoms with Crippen LogP contribution in [0, 0.1) is 17.1 Å². The maximum atomic E-state index is 13.0. The zero-order valence-corrected chi connectivity index (χ0v) is 7.79. The Morgan fingerprint density at radius 2 is 2.21 bits per heavy atom. The second-order valence-corrected chi connectivity index (χ2v) is 2.59. The van der Waals surface area contributed by atoms with Crippen LogP contribution in [0.1, 0.15) is 5.56 Å². The Morgan fingerprint density at radius 1 is 1.43 bits per heavy atom. The monoisotopic (exact) mass is 195 g/mol. The van der Waals surface area contributed by atoms with Crippen molar-refractivity contribution in [2.75, 3.05) is 20.3 Å². The second kappa shape index (κ2) is 5.20. The van der Waals surface area contributed by atoms with Crippen molar-refractivity contribution in [1.29, 1.82) is 5.26 Å². The summed E-state index contributed by atoms with van der Waals surface area (Å²) in [5, 5.41) is 8.47. The molecular formula is C10H10FNO2. The fraction of sp³-hybridized carbons (Fsp3) is 0.300. The fourth-order valence-corrected chi connectivity index (χ4v) is 0.919. The van der Waals surface area contributed by atoms with E-state index in [1.54, 1.807) is 19.2 Å². The summed E-state index contributed by atoms with van der Waals surface area (Å²) in [6, 6.07) is 5.86. The molecule has 74 valence electrons. The average molecular weight is 195 g/mol. The van der Waals surface area contributed by atoms with Crippen molar-refractivity contribution in [1.82, 2.24) is 0 Å². The highest BCUT2D eigenvalue weighted by atomic mass is 19.1.